The Morgan fingerprint density at radius 3 is 3.27 bits per heavy atom. The zero-order valence-corrected chi connectivity index (χ0v) is 10.2. The summed E-state index contributed by atoms with van der Waals surface area (Å²) in [5.74, 6) is 1.32. The third-order valence-electron chi connectivity index (χ3n) is 2.55. The molecule has 82 valence electrons. The van der Waals surface area contributed by atoms with Crippen molar-refractivity contribution in [2.45, 2.75) is 24.6 Å². The maximum Gasteiger partial charge on any atom is 0.133 e. The van der Waals surface area contributed by atoms with Crippen LogP contribution in [-0.2, 0) is 6.54 Å². The fraction of sp³-hybridized carbons (Fsp3) is 0.545. The van der Waals surface area contributed by atoms with E-state index < -0.39 is 0 Å². The minimum absolute atomic E-state index is 0.615. The standard InChI is InChI=1S/C11H15ClN2S/c12-11-9(3-1-5-14-11)7-13-8-10-4-2-6-15-10/h1,3,5,10,13H,2,4,6-8H2. The third kappa shape index (κ3) is 3.37. The lowest BCUT2D eigenvalue weighted by molar-refractivity contribution is 0.645. The van der Waals surface area contributed by atoms with E-state index in [0.717, 1.165) is 23.9 Å². The summed E-state index contributed by atoms with van der Waals surface area (Å²) < 4.78 is 0. The molecule has 1 aliphatic heterocycles. The van der Waals surface area contributed by atoms with Gasteiger partial charge in [0.1, 0.15) is 5.15 Å². The Bertz CT molecular complexity index is 313. The first-order valence-electron chi connectivity index (χ1n) is 5.28. The molecule has 15 heavy (non-hydrogen) atoms. The van der Waals surface area contributed by atoms with Crippen LogP contribution in [0.3, 0.4) is 0 Å². The maximum absolute atomic E-state index is 5.96. The van der Waals surface area contributed by atoms with Crippen LogP contribution in [0.25, 0.3) is 0 Å². The van der Waals surface area contributed by atoms with Gasteiger partial charge in [-0.1, -0.05) is 17.7 Å². The molecule has 1 atom stereocenters. The van der Waals surface area contributed by atoms with Crippen molar-refractivity contribution in [1.82, 2.24) is 10.3 Å². The van der Waals surface area contributed by atoms with Crippen molar-refractivity contribution in [2.24, 2.45) is 0 Å². The van der Waals surface area contributed by atoms with Crippen LogP contribution in [0, 0.1) is 0 Å². The molecule has 1 aromatic heterocycles. The van der Waals surface area contributed by atoms with Crippen LogP contribution in [0.2, 0.25) is 5.15 Å². The first-order valence-corrected chi connectivity index (χ1v) is 6.70. The second kappa shape index (κ2) is 5.73. The van der Waals surface area contributed by atoms with Gasteiger partial charge < -0.3 is 5.32 Å². The van der Waals surface area contributed by atoms with E-state index in [1.54, 1.807) is 6.20 Å². The molecule has 0 amide bonds. The van der Waals surface area contributed by atoms with Crippen LogP contribution in [0.1, 0.15) is 18.4 Å². The summed E-state index contributed by atoms with van der Waals surface area (Å²) in [6, 6.07) is 3.94. The molecule has 1 aliphatic rings. The first-order chi connectivity index (χ1) is 7.36. The van der Waals surface area contributed by atoms with Crippen LogP contribution in [0.5, 0.6) is 0 Å². The summed E-state index contributed by atoms with van der Waals surface area (Å²) in [5.41, 5.74) is 1.09. The number of rotatable bonds is 4. The zero-order chi connectivity index (χ0) is 10.5. The highest BCUT2D eigenvalue weighted by molar-refractivity contribution is 8.00. The van der Waals surface area contributed by atoms with Crippen molar-refractivity contribution in [1.29, 1.82) is 0 Å². The highest BCUT2D eigenvalue weighted by Gasteiger charge is 2.14. The molecule has 0 aliphatic carbocycles. The monoisotopic (exact) mass is 242 g/mol. The molecule has 2 heterocycles. The van der Waals surface area contributed by atoms with Gasteiger partial charge in [0.25, 0.3) is 0 Å². The average Bonchev–Trinajstić information content (AvgIpc) is 2.74. The first kappa shape index (κ1) is 11.2. The molecule has 0 aromatic carbocycles. The quantitative estimate of drug-likeness (QED) is 0.822. The molecule has 2 nitrogen and oxygen atoms in total. The highest BCUT2D eigenvalue weighted by Crippen LogP contribution is 2.25. The predicted molar refractivity (Wildman–Crippen MR) is 66.4 cm³/mol. The molecule has 1 N–H and O–H groups in total. The van der Waals surface area contributed by atoms with Crippen LogP contribution < -0.4 is 5.32 Å². The Balaban J connectivity index is 1.75. The maximum atomic E-state index is 5.96. The number of pyridine rings is 1. The lowest BCUT2D eigenvalue weighted by atomic mass is 10.2. The van der Waals surface area contributed by atoms with Gasteiger partial charge >= 0.3 is 0 Å². The summed E-state index contributed by atoms with van der Waals surface area (Å²) >= 11 is 8.03. The van der Waals surface area contributed by atoms with E-state index in [1.165, 1.54) is 18.6 Å². The predicted octanol–water partition coefficient (Wildman–Crippen LogP) is 2.72. The van der Waals surface area contributed by atoms with Gasteiger partial charge in [0.15, 0.2) is 0 Å². The van der Waals surface area contributed by atoms with Crippen LogP contribution in [-0.4, -0.2) is 22.5 Å². The molecule has 2 rings (SSSR count). The molecule has 0 saturated carbocycles. The van der Waals surface area contributed by atoms with E-state index in [1.807, 2.05) is 12.1 Å². The van der Waals surface area contributed by atoms with Gasteiger partial charge in [0, 0.05) is 30.1 Å². The fourth-order valence-electron chi connectivity index (χ4n) is 1.72. The Morgan fingerprint density at radius 2 is 2.53 bits per heavy atom. The van der Waals surface area contributed by atoms with E-state index in [2.05, 4.69) is 22.1 Å². The number of nitrogens with one attached hydrogen (secondary N) is 1. The van der Waals surface area contributed by atoms with Gasteiger partial charge in [-0.15, -0.1) is 0 Å². The molecule has 1 fully saturated rings. The summed E-state index contributed by atoms with van der Waals surface area (Å²) in [7, 11) is 0. The van der Waals surface area contributed by atoms with Gasteiger partial charge in [-0.25, -0.2) is 4.98 Å². The molecule has 1 saturated heterocycles. The van der Waals surface area contributed by atoms with Gasteiger partial charge in [0.05, 0.1) is 0 Å². The van der Waals surface area contributed by atoms with Crippen molar-refractivity contribution in [3.05, 3.63) is 29.0 Å². The molecule has 0 bridgehead atoms. The number of hydrogen-bond donors (Lipinski definition) is 1. The normalized spacial score (nSPS) is 20.7. The second-order valence-corrected chi connectivity index (χ2v) is 5.49. The lowest BCUT2D eigenvalue weighted by Crippen LogP contribution is -2.22. The summed E-state index contributed by atoms with van der Waals surface area (Å²) in [6.45, 7) is 1.90. The Kier molecular flexibility index (Phi) is 4.29. The van der Waals surface area contributed by atoms with Crippen LogP contribution in [0.15, 0.2) is 18.3 Å². The fourth-order valence-corrected chi connectivity index (χ4v) is 3.15. The third-order valence-corrected chi connectivity index (χ3v) is 4.29. The van der Waals surface area contributed by atoms with Crippen molar-refractivity contribution in [3.63, 3.8) is 0 Å². The van der Waals surface area contributed by atoms with Gasteiger partial charge in [0.2, 0.25) is 0 Å². The summed E-state index contributed by atoms with van der Waals surface area (Å²) in [4.78, 5) is 4.05. The van der Waals surface area contributed by atoms with E-state index in [-0.39, 0.29) is 0 Å². The van der Waals surface area contributed by atoms with Crippen molar-refractivity contribution >= 4 is 23.4 Å². The van der Waals surface area contributed by atoms with Crippen molar-refractivity contribution < 1.29 is 0 Å². The minimum Gasteiger partial charge on any atom is -0.311 e. The number of aromatic nitrogens is 1. The molecule has 4 heteroatoms. The molecule has 1 unspecified atom stereocenters. The second-order valence-electron chi connectivity index (χ2n) is 3.72. The Morgan fingerprint density at radius 1 is 1.60 bits per heavy atom. The summed E-state index contributed by atoms with van der Waals surface area (Å²) in [6.07, 6.45) is 4.43. The molecule has 0 spiro atoms. The van der Waals surface area contributed by atoms with E-state index in [9.17, 15) is 0 Å². The highest BCUT2D eigenvalue weighted by atomic mass is 35.5. The molecule has 1 aromatic rings. The van der Waals surface area contributed by atoms with Crippen molar-refractivity contribution in [3.8, 4) is 0 Å². The van der Waals surface area contributed by atoms with E-state index in [0.29, 0.717) is 5.15 Å². The summed E-state index contributed by atoms with van der Waals surface area (Å²) in [5, 5.41) is 4.85. The average molecular weight is 243 g/mol. The van der Waals surface area contributed by atoms with Gasteiger partial charge in [-0.2, -0.15) is 11.8 Å². The SMILES string of the molecule is Clc1ncccc1CNCC1CCCS1. The largest absolute Gasteiger partial charge is 0.311 e. The van der Waals surface area contributed by atoms with Crippen LogP contribution >= 0.6 is 23.4 Å². The molecular weight excluding hydrogens is 228 g/mol. The lowest BCUT2D eigenvalue weighted by Gasteiger charge is -2.10. The minimum atomic E-state index is 0.615. The number of hydrogen-bond acceptors (Lipinski definition) is 3. The topological polar surface area (TPSA) is 24.9 Å². The van der Waals surface area contributed by atoms with Crippen molar-refractivity contribution in [2.75, 3.05) is 12.3 Å². The number of nitrogens with zero attached hydrogens (tertiary/aromatic N) is 1. The number of halogens is 1. The number of thioether (sulfide) groups is 1. The van der Waals surface area contributed by atoms with E-state index in [4.69, 9.17) is 11.6 Å². The van der Waals surface area contributed by atoms with Gasteiger partial charge in [-0.05, 0) is 24.7 Å². The Labute approximate surface area is 99.8 Å². The van der Waals surface area contributed by atoms with E-state index >= 15 is 0 Å². The zero-order valence-electron chi connectivity index (χ0n) is 8.58. The smallest absolute Gasteiger partial charge is 0.133 e. The van der Waals surface area contributed by atoms with Gasteiger partial charge in [-0.3, -0.25) is 0 Å². The Hall–Kier alpha value is -0.250. The van der Waals surface area contributed by atoms with Crippen LogP contribution in [0.4, 0.5) is 0 Å². The molecule has 0 radical (unpaired) electrons. The molecular formula is C11H15ClN2S.